The summed E-state index contributed by atoms with van der Waals surface area (Å²) < 4.78 is 0. The predicted octanol–water partition coefficient (Wildman–Crippen LogP) is 4.86. The Balaban J connectivity index is 2.19. The number of nitriles is 2. The summed E-state index contributed by atoms with van der Waals surface area (Å²) in [6, 6.07) is 12.6. The zero-order valence-electron chi connectivity index (χ0n) is 12.8. The summed E-state index contributed by atoms with van der Waals surface area (Å²) in [6.45, 7) is 0.478. The Bertz CT molecular complexity index is 914. The Morgan fingerprint density at radius 1 is 1.20 bits per heavy atom. The fraction of sp³-hybridized carbons (Fsp3) is 0.125. The van der Waals surface area contributed by atoms with Gasteiger partial charge in [-0.2, -0.15) is 15.6 Å². The first-order chi connectivity index (χ1) is 12.0. The maximum Gasteiger partial charge on any atom is 0.270 e. The van der Waals surface area contributed by atoms with Crippen LogP contribution in [0, 0.1) is 32.8 Å². The highest BCUT2D eigenvalue weighted by Crippen LogP contribution is 2.29. The molecule has 2 aromatic rings. The fourth-order valence-electron chi connectivity index (χ4n) is 1.89. The third-order valence-electron chi connectivity index (χ3n) is 3.09. The topological polar surface area (TPSA) is 127 Å². The Hall–Kier alpha value is -3.49. The number of nitrogens with one attached hydrogen (secondary N) is 1. The minimum Gasteiger partial charge on any atom is -0.383 e. The van der Waals surface area contributed by atoms with Gasteiger partial charge in [-0.25, -0.2) is 0 Å². The van der Waals surface area contributed by atoms with Gasteiger partial charge in [0.1, 0.15) is 11.8 Å². The molecule has 0 aliphatic carbocycles. The van der Waals surface area contributed by atoms with E-state index in [2.05, 4.69) is 15.5 Å². The van der Waals surface area contributed by atoms with Crippen LogP contribution in [0.15, 0.2) is 46.6 Å². The minimum atomic E-state index is -0.584. The maximum atomic E-state index is 10.7. The van der Waals surface area contributed by atoms with E-state index in [0.29, 0.717) is 29.4 Å². The van der Waals surface area contributed by atoms with Crippen LogP contribution in [0.4, 0.5) is 22.7 Å². The molecule has 0 radical (unpaired) electrons. The fourth-order valence-corrected chi connectivity index (χ4v) is 2.13. The van der Waals surface area contributed by atoms with E-state index in [1.54, 1.807) is 18.2 Å². The molecule has 0 saturated carbocycles. The van der Waals surface area contributed by atoms with E-state index in [9.17, 15) is 10.1 Å². The second-order valence-corrected chi connectivity index (χ2v) is 5.18. The van der Waals surface area contributed by atoms with Crippen LogP contribution < -0.4 is 5.32 Å². The SMILES string of the molecule is N#CCCNc1ccc(N=Nc2ccc([N+](=O)[O-])cc2C#N)cc1Cl. The third kappa shape index (κ3) is 4.74. The number of nitro benzene ring substituents is 1. The lowest BCUT2D eigenvalue weighted by Gasteiger charge is -2.06. The van der Waals surface area contributed by atoms with Crippen molar-refractivity contribution in [2.24, 2.45) is 10.2 Å². The largest absolute Gasteiger partial charge is 0.383 e. The number of halogens is 1. The van der Waals surface area contributed by atoms with Crippen LogP contribution in [0.25, 0.3) is 0 Å². The molecule has 9 heteroatoms. The molecule has 1 N–H and O–H groups in total. The summed E-state index contributed by atoms with van der Waals surface area (Å²) in [6.07, 6.45) is 0.356. The molecule has 2 rings (SSSR count). The minimum absolute atomic E-state index is 0.0545. The van der Waals surface area contributed by atoms with Gasteiger partial charge in [-0.1, -0.05) is 11.6 Å². The first-order valence-electron chi connectivity index (χ1n) is 7.06. The van der Waals surface area contributed by atoms with E-state index < -0.39 is 4.92 Å². The Kier molecular flexibility index (Phi) is 5.99. The van der Waals surface area contributed by atoms with Crippen molar-refractivity contribution in [2.75, 3.05) is 11.9 Å². The number of hydrogen-bond acceptors (Lipinski definition) is 7. The monoisotopic (exact) mass is 354 g/mol. The van der Waals surface area contributed by atoms with Gasteiger partial charge in [-0.3, -0.25) is 10.1 Å². The van der Waals surface area contributed by atoms with Crippen molar-refractivity contribution in [3.05, 3.63) is 57.1 Å². The van der Waals surface area contributed by atoms with Crippen molar-refractivity contribution in [3.63, 3.8) is 0 Å². The van der Waals surface area contributed by atoms with Gasteiger partial charge < -0.3 is 5.32 Å². The van der Waals surface area contributed by atoms with Gasteiger partial charge >= 0.3 is 0 Å². The van der Waals surface area contributed by atoms with Gasteiger partial charge in [0.25, 0.3) is 5.69 Å². The Morgan fingerprint density at radius 3 is 2.64 bits per heavy atom. The molecular formula is C16H11ClN6O2. The zero-order valence-corrected chi connectivity index (χ0v) is 13.6. The number of nitrogens with zero attached hydrogens (tertiary/aromatic N) is 5. The molecule has 124 valence electrons. The molecular weight excluding hydrogens is 344 g/mol. The van der Waals surface area contributed by atoms with E-state index in [-0.39, 0.29) is 16.9 Å². The molecule has 0 aromatic heterocycles. The van der Waals surface area contributed by atoms with E-state index in [1.165, 1.54) is 12.1 Å². The number of hydrogen-bond donors (Lipinski definition) is 1. The summed E-state index contributed by atoms with van der Waals surface area (Å²) in [5.41, 5.74) is 1.22. The van der Waals surface area contributed by atoms with E-state index >= 15 is 0 Å². The lowest BCUT2D eigenvalue weighted by atomic mass is 10.2. The van der Waals surface area contributed by atoms with E-state index in [4.69, 9.17) is 22.1 Å². The molecule has 0 amide bonds. The number of non-ortho nitro benzene ring substituents is 1. The first-order valence-corrected chi connectivity index (χ1v) is 7.43. The molecule has 0 atom stereocenters. The van der Waals surface area contributed by atoms with Crippen LogP contribution in [0.2, 0.25) is 5.02 Å². The summed E-state index contributed by atoms with van der Waals surface area (Å²) in [7, 11) is 0. The highest BCUT2D eigenvalue weighted by atomic mass is 35.5. The van der Waals surface area contributed by atoms with Crippen molar-refractivity contribution < 1.29 is 4.92 Å². The standard InChI is InChI=1S/C16H11ClN6O2/c17-14-9-12(2-4-16(14)20-7-1-6-18)21-22-15-5-3-13(23(24)25)8-11(15)10-19/h2-5,8-9,20H,1,7H2. The lowest BCUT2D eigenvalue weighted by molar-refractivity contribution is -0.384. The molecule has 0 fully saturated rings. The lowest BCUT2D eigenvalue weighted by Crippen LogP contribution is -2.00. The second kappa shape index (κ2) is 8.39. The predicted molar refractivity (Wildman–Crippen MR) is 92.2 cm³/mol. The van der Waals surface area contributed by atoms with Gasteiger partial charge in [0.15, 0.2) is 0 Å². The average Bonchev–Trinajstić information content (AvgIpc) is 2.61. The molecule has 0 spiro atoms. The van der Waals surface area contributed by atoms with E-state index in [0.717, 1.165) is 6.07 Å². The molecule has 2 aromatic carbocycles. The summed E-state index contributed by atoms with van der Waals surface area (Å²) in [4.78, 5) is 10.1. The van der Waals surface area contributed by atoms with Crippen molar-refractivity contribution >= 4 is 34.4 Å². The van der Waals surface area contributed by atoms with Crippen LogP contribution in [0.1, 0.15) is 12.0 Å². The van der Waals surface area contributed by atoms with Gasteiger partial charge in [0.2, 0.25) is 0 Å². The zero-order chi connectivity index (χ0) is 18.2. The van der Waals surface area contributed by atoms with Crippen LogP contribution in [0.5, 0.6) is 0 Å². The van der Waals surface area contributed by atoms with Crippen molar-refractivity contribution in [1.29, 1.82) is 10.5 Å². The van der Waals surface area contributed by atoms with Crippen LogP contribution in [-0.2, 0) is 0 Å². The molecule has 8 nitrogen and oxygen atoms in total. The third-order valence-corrected chi connectivity index (χ3v) is 3.40. The van der Waals surface area contributed by atoms with Crippen molar-refractivity contribution in [1.82, 2.24) is 0 Å². The number of anilines is 1. The van der Waals surface area contributed by atoms with Gasteiger partial charge in [0, 0.05) is 18.7 Å². The highest BCUT2D eigenvalue weighted by molar-refractivity contribution is 6.33. The number of benzene rings is 2. The maximum absolute atomic E-state index is 10.7. The van der Waals surface area contributed by atoms with Gasteiger partial charge in [-0.15, -0.1) is 5.11 Å². The number of rotatable bonds is 6. The Morgan fingerprint density at radius 2 is 2.00 bits per heavy atom. The normalized spacial score (nSPS) is 10.2. The summed E-state index contributed by atoms with van der Waals surface area (Å²) in [5, 5.41) is 39.7. The van der Waals surface area contributed by atoms with Crippen molar-refractivity contribution in [2.45, 2.75) is 6.42 Å². The molecule has 0 aliphatic rings. The molecule has 0 bridgehead atoms. The van der Waals surface area contributed by atoms with E-state index in [1.807, 2.05) is 12.1 Å². The van der Waals surface area contributed by atoms with Gasteiger partial charge in [-0.05, 0) is 24.3 Å². The number of azo groups is 1. The smallest absolute Gasteiger partial charge is 0.270 e. The quantitative estimate of drug-likeness (QED) is 0.343. The van der Waals surface area contributed by atoms with Gasteiger partial charge in [0.05, 0.1) is 39.4 Å². The summed E-state index contributed by atoms with van der Waals surface area (Å²) >= 11 is 6.13. The molecule has 0 aliphatic heterocycles. The number of nitro groups is 1. The van der Waals surface area contributed by atoms with Crippen molar-refractivity contribution in [3.8, 4) is 12.1 Å². The Labute approximate surface area is 148 Å². The summed E-state index contributed by atoms with van der Waals surface area (Å²) in [5.74, 6) is 0. The van der Waals surface area contributed by atoms with Crippen LogP contribution in [0.3, 0.4) is 0 Å². The second-order valence-electron chi connectivity index (χ2n) is 4.77. The highest BCUT2D eigenvalue weighted by Gasteiger charge is 2.10. The molecule has 25 heavy (non-hydrogen) atoms. The molecule has 0 heterocycles. The molecule has 0 saturated heterocycles. The average molecular weight is 355 g/mol. The van der Waals surface area contributed by atoms with Crippen LogP contribution >= 0.6 is 11.6 Å². The first kappa shape index (κ1) is 17.9. The van der Waals surface area contributed by atoms with Crippen LogP contribution in [-0.4, -0.2) is 11.5 Å². The molecule has 0 unspecified atom stereocenters.